The van der Waals surface area contributed by atoms with Gasteiger partial charge < -0.3 is 15.0 Å². The van der Waals surface area contributed by atoms with E-state index >= 15 is 0 Å². The second-order valence-electron chi connectivity index (χ2n) is 9.22. The molecule has 0 aromatic heterocycles. The molecule has 1 N–H and O–H groups in total. The number of halogens is 2. The van der Waals surface area contributed by atoms with Crippen molar-refractivity contribution in [2.45, 2.75) is 37.8 Å². The summed E-state index contributed by atoms with van der Waals surface area (Å²) in [6, 6.07) is 11.9. The number of nitro groups is 1. The smallest absolute Gasteiger partial charge is 0.273 e. The van der Waals surface area contributed by atoms with Gasteiger partial charge in [-0.3, -0.25) is 24.0 Å². The minimum absolute atomic E-state index is 0.0563. The number of nitrogens with one attached hydrogen (secondary N) is 1. The largest absolute Gasteiger partial charge is 0.495 e. The Labute approximate surface area is 248 Å². The van der Waals surface area contributed by atoms with Crippen molar-refractivity contribution in [3.8, 4) is 5.75 Å². The zero-order chi connectivity index (χ0) is 31.2. The van der Waals surface area contributed by atoms with E-state index in [2.05, 4.69) is 5.32 Å². The number of amides is 2. The molecule has 14 heteroatoms. The molecule has 42 heavy (non-hydrogen) atoms. The Morgan fingerprint density at radius 2 is 1.79 bits per heavy atom. The molecule has 3 rings (SSSR count). The molecular formula is C28H30ClFN4O7S. The van der Waals surface area contributed by atoms with E-state index < -0.39 is 55.7 Å². The van der Waals surface area contributed by atoms with Gasteiger partial charge in [0.1, 0.15) is 24.2 Å². The lowest BCUT2D eigenvalue weighted by Gasteiger charge is -2.33. The predicted octanol–water partition coefficient (Wildman–Crippen LogP) is 4.45. The van der Waals surface area contributed by atoms with Crippen molar-refractivity contribution in [2.75, 3.05) is 25.0 Å². The highest BCUT2D eigenvalue weighted by Crippen LogP contribution is 2.36. The maximum Gasteiger partial charge on any atom is 0.273 e. The third kappa shape index (κ3) is 7.15. The van der Waals surface area contributed by atoms with E-state index in [4.69, 9.17) is 16.3 Å². The van der Waals surface area contributed by atoms with Crippen LogP contribution in [-0.2, 0) is 26.2 Å². The fourth-order valence-electron chi connectivity index (χ4n) is 4.32. The summed E-state index contributed by atoms with van der Waals surface area (Å²) >= 11 is 6.21. The van der Waals surface area contributed by atoms with Gasteiger partial charge in [0.2, 0.25) is 11.8 Å². The van der Waals surface area contributed by atoms with Crippen LogP contribution in [0.4, 0.5) is 15.8 Å². The zero-order valence-corrected chi connectivity index (χ0v) is 24.9. The molecule has 0 bridgehead atoms. The van der Waals surface area contributed by atoms with Crippen LogP contribution in [-0.4, -0.2) is 56.8 Å². The number of carbonyl (C=O) groups excluding carboxylic acids is 2. The number of hydrogen-bond acceptors (Lipinski definition) is 7. The van der Waals surface area contributed by atoms with Crippen molar-refractivity contribution in [3.63, 3.8) is 0 Å². The first-order valence-corrected chi connectivity index (χ1v) is 14.5. The van der Waals surface area contributed by atoms with Crippen LogP contribution in [0.25, 0.3) is 0 Å². The van der Waals surface area contributed by atoms with Crippen LogP contribution in [0, 0.1) is 22.9 Å². The van der Waals surface area contributed by atoms with Crippen molar-refractivity contribution >= 4 is 44.8 Å². The summed E-state index contributed by atoms with van der Waals surface area (Å²) in [6.45, 7) is 2.19. The quantitative estimate of drug-likeness (QED) is 0.233. The van der Waals surface area contributed by atoms with E-state index in [0.717, 1.165) is 10.4 Å². The standard InChI is InChI=1S/C28H30ClFN4O7S/c1-5-23(28(36)31-3)32(16-19-7-10-21(30)11-8-19)27(35)17-33(25-14-20(29)9-13-26(25)41-4)42(39,40)22-12-6-18(2)24(15-22)34(37)38/h6-15,23H,5,16-17H2,1-4H3,(H,31,36). The summed E-state index contributed by atoms with van der Waals surface area (Å²) in [4.78, 5) is 38.4. The van der Waals surface area contributed by atoms with E-state index in [-0.39, 0.29) is 35.0 Å². The van der Waals surface area contributed by atoms with Crippen LogP contribution < -0.4 is 14.4 Å². The second-order valence-corrected chi connectivity index (χ2v) is 11.5. The maximum absolute atomic E-state index is 14.1. The lowest BCUT2D eigenvalue weighted by Crippen LogP contribution is -2.51. The Balaban J connectivity index is 2.18. The first-order valence-electron chi connectivity index (χ1n) is 12.7. The number of rotatable bonds is 12. The highest BCUT2D eigenvalue weighted by Gasteiger charge is 2.35. The van der Waals surface area contributed by atoms with Gasteiger partial charge in [0.05, 0.1) is 22.6 Å². The predicted molar refractivity (Wildman–Crippen MR) is 155 cm³/mol. The summed E-state index contributed by atoms with van der Waals surface area (Å²) < 4.78 is 47.9. The normalized spacial score (nSPS) is 11.9. The molecule has 224 valence electrons. The molecule has 3 aromatic rings. The Kier molecular flexibility index (Phi) is 10.5. The summed E-state index contributed by atoms with van der Waals surface area (Å²) in [5, 5.41) is 14.2. The Morgan fingerprint density at radius 3 is 2.36 bits per heavy atom. The van der Waals surface area contributed by atoms with Crippen LogP contribution in [0.2, 0.25) is 5.02 Å². The molecule has 0 spiro atoms. The van der Waals surface area contributed by atoms with E-state index in [9.17, 15) is 32.5 Å². The summed E-state index contributed by atoms with van der Waals surface area (Å²) in [5.74, 6) is -1.70. The molecule has 0 aliphatic rings. The van der Waals surface area contributed by atoms with Gasteiger partial charge in [0, 0.05) is 30.2 Å². The highest BCUT2D eigenvalue weighted by molar-refractivity contribution is 7.92. The molecule has 0 fully saturated rings. The molecule has 0 radical (unpaired) electrons. The Hall–Kier alpha value is -4.23. The lowest BCUT2D eigenvalue weighted by atomic mass is 10.1. The van der Waals surface area contributed by atoms with Gasteiger partial charge in [-0.05, 0) is 55.3 Å². The molecule has 2 amide bonds. The number of nitro benzene ring substituents is 1. The SMILES string of the molecule is CCC(C(=O)NC)N(Cc1ccc(F)cc1)C(=O)CN(c1cc(Cl)ccc1OC)S(=O)(=O)c1ccc(C)c([N+](=O)[O-])c1. The third-order valence-corrected chi connectivity index (χ3v) is 8.54. The highest BCUT2D eigenvalue weighted by atomic mass is 35.5. The fraction of sp³-hybridized carbons (Fsp3) is 0.286. The van der Waals surface area contributed by atoms with Crippen molar-refractivity contribution in [1.29, 1.82) is 0 Å². The number of likely N-dealkylation sites (N-methyl/N-ethyl adjacent to an activating group) is 1. The molecule has 0 saturated carbocycles. The van der Waals surface area contributed by atoms with Crippen LogP contribution in [0.15, 0.2) is 65.6 Å². The zero-order valence-electron chi connectivity index (χ0n) is 23.3. The van der Waals surface area contributed by atoms with Crippen molar-refractivity contribution < 1.29 is 32.1 Å². The number of anilines is 1. The third-order valence-electron chi connectivity index (χ3n) is 6.55. The first-order chi connectivity index (χ1) is 19.8. The average Bonchev–Trinajstić information content (AvgIpc) is 2.96. The molecule has 0 heterocycles. The van der Waals surface area contributed by atoms with E-state index in [1.165, 1.54) is 80.6 Å². The van der Waals surface area contributed by atoms with Gasteiger partial charge in [0.25, 0.3) is 15.7 Å². The topological polar surface area (TPSA) is 139 Å². The number of hydrogen-bond donors (Lipinski definition) is 1. The van der Waals surface area contributed by atoms with Crippen LogP contribution in [0.3, 0.4) is 0 Å². The number of carbonyl (C=O) groups is 2. The molecular weight excluding hydrogens is 591 g/mol. The van der Waals surface area contributed by atoms with Crippen molar-refractivity contribution in [2.24, 2.45) is 0 Å². The van der Waals surface area contributed by atoms with Crippen molar-refractivity contribution in [1.82, 2.24) is 10.2 Å². The number of sulfonamides is 1. The molecule has 1 atom stereocenters. The lowest BCUT2D eigenvalue weighted by molar-refractivity contribution is -0.385. The molecule has 1 unspecified atom stereocenters. The van der Waals surface area contributed by atoms with Gasteiger partial charge in [-0.25, -0.2) is 12.8 Å². The minimum Gasteiger partial charge on any atom is -0.495 e. The van der Waals surface area contributed by atoms with Gasteiger partial charge in [0.15, 0.2) is 0 Å². The number of nitrogens with zero attached hydrogens (tertiary/aromatic N) is 3. The van der Waals surface area contributed by atoms with E-state index in [1.54, 1.807) is 6.92 Å². The van der Waals surface area contributed by atoms with E-state index in [0.29, 0.717) is 5.56 Å². The summed E-state index contributed by atoms with van der Waals surface area (Å²) in [5.41, 5.74) is 0.208. The van der Waals surface area contributed by atoms with Crippen LogP contribution in [0.5, 0.6) is 5.75 Å². The number of ether oxygens (including phenoxy) is 1. The second kappa shape index (κ2) is 13.6. The fourth-order valence-corrected chi connectivity index (χ4v) is 5.92. The van der Waals surface area contributed by atoms with Gasteiger partial charge in [-0.2, -0.15) is 0 Å². The average molecular weight is 621 g/mol. The molecule has 11 nitrogen and oxygen atoms in total. The number of methoxy groups -OCH3 is 1. The van der Waals surface area contributed by atoms with Gasteiger partial charge in [-0.1, -0.05) is 36.7 Å². The Morgan fingerprint density at radius 1 is 1.12 bits per heavy atom. The molecule has 3 aromatic carbocycles. The first kappa shape index (κ1) is 32.3. The monoisotopic (exact) mass is 620 g/mol. The maximum atomic E-state index is 14.1. The molecule has 0 aliphatic heterocycles. The molecule has 0 saturated heterocycles. The van der Waals surface area contributed by atoms with Gasteiger partial charge >= 0.3 is 0 Å². The summed E-state index contributed by atoms with van der Waals surface area (Å²) in [7, 11) is -1.94. The van der Waals surface area contributed by atoms with Crippen LogP contribution in [0.1, 0.15) is 24.5 Å². The van der Waals surface area contributed by atoms with Crippen LogP contribution >= 0.6 is 11.6 Å². The van der Waals surface area contributed by atoms with E-state index in [1.807, 2.05) is 0 Å². The number of benzene rings is 3. The van der Waals surface area contributed by atoms with Gasteiger partial charge in [-0.15, -0.1) is 0 Å². The summed E-state index contributed by atoms with van der Waals surface area (Å²) in [6.07, 6.45) is 0.185. The number of aryl methyl sites for hydroxylation is 1. The Bertz CT molecular complexity index is 1590. The molecule has 0 aliphatic carbocycles. The minimum atomic E-state index is -4.65. The van der Waals surface area contributed by atoms with Crippen molar-refractivity contribution in [3.05, 3.63) is 92.7 Å².